The lowest BCUT2D eigenvalue weighted by molar-refractivity contribution is 0.400. The van der Waals surface area contributed by atoms with Crippen LogP contribution in [0.15, 0.2) is 22.8 Å². The molecule has 90 valence electrons. The summed E-state index contributed by atoms with van der Waals surface area (Å²) in [6.07, 6.45) is 5.04. The predicted molar refractivity (Wildman–Crippen MR) is 73.1 cm³/mol. The van der Waals surface area contributed by atoms with Crippen molar-refractivity contribution in [3.8, 4) is 0 Å². The van der Waals surface area contributed by atoms with E-state index < -0.39 is 0 Å². The van der Waals surface area contributed by atoms with Crippen LogP contribution >= 0.6 is 15.9 Å². The topological polar surface area (TPSA) is 40.7 Å². The maximum atomic E-state index is 4.28. The number of benzene rings is 1. The summed E-state index contributed by atoms with van der Waals surface area (Å²) in [5.74, 6) is 0. The van der Waals surface area contributed by atoms with E-state index in [1.54, 1.807) is 0 Å². The van der Waals surface area contributed by atoms with Gasteiger partial charge in [0.2, 0.25) is 0 Å². The number of aromatic nitrogens is 2. The molecule has 0 amide bonds. The number of piperidine rings is 1. The molecule has 1 atom stereocenters. The van der Waals surface area contributed by atoms with E-state index in [0.717, 1.165) is 23.1 Å². The van der Waals surface area contributed by atoms with Gasteiger partial charge in [0.15, 0.2) is 0 Å². The van der Waals surface area contributed by atoms with Gasteiger partial charge in [-0.1, -0.05) is 18.6 Å². The summed E-state index contributed by atoms with van der Waals surface area (Å²) < 4.78 is 0.999. The molecular weight excluding hydrogens is 278 g/mol. The highest BCUT2D eigenvalue weighted by Gasteiger charge is 2.16. The lowest BCUT2D eigenvalue weighted by Gasteiger charge is -2.23. The standard InChI is InChI=1S/C13H16BrN3/c14-13-12-9(4-3-6-11(12)16-17-13)8-10-5-1-2-7-15-10/h3-4,6,10,15H,1-2,5,7-8H2,(H,16,17). The Labute approximate surface area is 109 Å². The number of H-pyrrole nitrogens is 1. The molecule has 4 heteroatoms. The number of halogens is 1. The molecule has 2 N–H and O–H groups in total. The van der Waals surface area contributed by atoms with Gasteiger partial charge < -0.3 is 5.32 Å². The Kier molecular flexibility index (Phi) is 3.16. The van der Waals surface area contributed by atoms with Crippen LogP contribution in [0.25, 0.3) is 10.9 Å². The molecule has 3 rings (SSSR count). The summed E-state index contributed by atoms with van der Waals surface area (Å²) in [5.41, 5.74) is 2.42. The van der Waals surface area contributed by atoms with Crippen LogP contribution in [0, 0.1) is 0 Å². The second-order valence-electron chi connectivity index (χ2n) is 4.70. The number of rotatable bonds is 2. The van der Waals surface area contributed by atoms with Crippen molar-refractivity contribution in [3.63, 3.8) is 0 Å². The van der Waals surface area contributed by atoms with Gasteiger partial charge in [-0.15, -0.1) is 0 Å². The molecule has 3 nitrogen and oxygen atoms in total. The SMILES string of the molecule is Brc1[nH]nc2cccc(CC3CCCCN3)c12. The van der Waals surface area contributed by atoms with Crippen molar-refractivity contribution in [2.45, 2.75) is 31.7 Å². The molecule has 1 aliphatic heterocycles. The average molecular weight is 294 g/mol. The fraction of sp³-hybridized carbons (Fsp3) is 0.462. The number of hydrogen-bond donors (Lipinski definition) is 2. The molecule has 1 saturated heterocycles. The second-order valence-corrected chi connectivity index (χ2v) is 5.49. The van der Waals surface area contributed by atoms with Crippen LogP contribution in [0.1, 0.15) is 24.8 Å². The van der Waals surface area contributed by atoms with Crippen molar-refractivity contribution in [3.05, 3.63) is 28.4 Å². The minimum Gasteiger partial charge on any atom is -0.314 e. The van der Waals surface area contributed by atoms with E-state index in [1.807, 2.05) is 6.07 Å². The van der Waals surface area contributed by atoms with Gasteiger partial charge in [0.1, 0.15) is 4.60 Å². The number of fused-ring (bicyclic) bond motifs is 1. The van der Waals surface area contributed by atoms with Crippen LogP contribution in [0.2, 0.25) is 0 Å². The zero-order chi connectivity index (χ0) is 11.7. The first-order valence-corrected chi connectivity index (χ1v) is 6.99. The molecule has 0 aliphatic carbocycles. The summed E-state index contributed by atoms with van der Waals surface area (Å²) in [6.45, 7) is 1.16. The van der Waals surface area contributed by atoms with Crippen molar-refractivity contribution in [1.29, 1.82) is 0 Å². The summed E-state index contributed by atoms with van der Waals surface area (Å²) in [7, 11) is 0. The molecule has 0 bridgehead atoms. The molecule has 2 aromatic rings. The van der Waals surface area contributed by atoms with Gasteiger partial charge in [-0.05, 0) is 53.4 Å². The third kappa shape index (κ3) is 2.24. The molecule has 17 heavy (non-hydrogen) atoms. The van der Waals surface area contributed by atoms with Crippen molar-refractivity contribution in [2.75, 3.05) is 6.54 Å². The quantitative estimate of drug-likeness (QED) is 0.894. The third-order valence-electron chi connectivity index (χ3n) is 3.50. The molecule has 0 saturated carbocycles. The van der Waals surface area contributed by atoms with Gasteiger partial charge in [-0.2, -0.15) is 5.10 Å². The molecule has 1 fully saturated rings. The van der Waals surface area contributed by atoms with Gasteiger partial charge >= 0.3 is 0 Å². The van der Waals surface area contributed by atoms with Gasteiger partial charge in [-0.25, -0.2) is 0 Å². The summed E-state index contributed by atoms with van der Waals surface area (Å²) in [4.78, 5) is 0. The van der Waals surface area contributed by atoms with Crippen molar-refractivity contribution < 1.29 is 0 Å². The summed E-state index contributed by atoms with van der Waals surface area (Å²) >= 11 is 3.54. The molecule has 1 unspecified atom stereocenters. The molecule has 1 aromatic carbocycles. The van der Waals surface area contributed by atoms with Crippen LogP contribution in [0.5, 0.6) is 0 Å². The van der Waals surface area contributed by atoms with Crippen LogP contribution in [-0.2, 0) is 6.42 Å². The van der Waals surface area contributed by atoms with E-state index in [2.05, 4.69) is 43.6 Å². The minimum atomic E-state index is 0.621. The lowest BCUT2D eigenvalue weighted by atomic mass is 9.96. The van der Waals surface area contributed by atoms with E-state index in [0.29, 0.717) is 6.04 Å². The highest BCUT2D eigenvalue weighted by Crippen LogP contribution is 2.26. The van der Waals surface area contributed by atoms with Crippen LogP contribution in [-0.4, -0.2) is 22.8 Å². The molecule has 0 radical (unpaired) electrons. The van der Waals surface area contributed by atoms with Crippen molar-refractivity contribution in [1.82, 2.24) is 15.5 Å². The monoisotopic (exact) mass is 293 g/mol. The van der Waals surface area contributed by atoms with Crippen molar-refractivity contribution in [2.24, 2.45) is 0 Å². The smallest absolute Gasteiger partial charge is 0.109 e. The first kappa shape index (κ1) is 11.2. The zero-order valence-corrected chi connectivity index (χ0v) is 11.3. The Morgan fingerprint density at radius 3 is 3.12 bits per heavy atom. The van der Waals surface area contributed by atoms with E-state index >= 15 is 0 Å². The first-order valence-electron chi connectivity index (χ1n) is 6.19. The molecule has 1 aliphatic rings. The normalized spacial score (nSPS) is 20.9. The fourth-order valence-corrected chi connectivity index (χ4v) is 3.18. The highest BCUT2D eigenvalue weighted by atomic mass is 79.9. The van der Waals surface area contributed by atoms with Gasteiger partial charge in [-0.3, -0.25) is 5.10 Å². The zero-order valence-electron chi connectivity index (χ0n) is 9.67. The molecule has 2 heterocycles. The Bertz CT molecular complexity index is 514. The van der Waals surface area contributed by atoms with E-state index in [-0.39, 0.29) is 0 Å². The van der Waals surface area contributed by atoms with Gasteiger partial charge in [0, 0.05) is 11.4 Å². The maximum absolute atomic E-state index is 4.28. The predicted octanol–water partition coefficient (Wildman–Crippen LogP) is 3.01. The molecule has 0 spiro atoms. The maximum Gasteiger partial charge on any atom is 0.109 e. The van der Waals surface area contributed by atoms with Gasteiger partial charge in [0.25, 0.3) is 0 Å². The number of nitrogens with zero attached hydrogens (tertiary/aromatic N) is 1. The molecule has 1 aromatic heterocycles. The minimum absolute atomic E-state index is 0.621. The largest absolute Gasteiger partial charge is 0.314 e. The Morgan fingerprint density at radius 1 is 1.35 bits per heavy atom. The molecular formula is C13H16BrN3. The highest BCUT2D eigenvalue weighted by molar-refractivity contribution is 9.10. The third-order valence-corrected chi connectivity index (χ3v) is 4.08. The summed E-state index contributed by atoms with van der Waals surface area (Å²) in [6, 6.07) is 6.97. The van der Waals surface area contributed by atoms with Crippen LogP contribution in [0.3, 0.4) is 0 Å². The first-order chi connectivity index (χ1) is 8.34. The lowest BCUT2D eigenvalue weighted by Crippen LogP contribution is -2.35. The van der Waals surface area contributed by atoms with Crippen LogP contribution in [0.4, 0.5) is 0 Å². The van der Waals surface area contributed by atoms with E-state index in [4.69, 9.17) is 0 Å². The number of hydrogen-bond acceptors (Lipinski definition) is 2. The Morgan fingerprint density at radius 2 is 2.29 bits per heavy atom. The second kappa shape index (κ2) is 4.78. The number of nitrogens with one attached hydrogen (secondary N) is 2. The summed E-state index contributed by atoms with van der Waals surface area (Å²) in [5, 5.41) is 12.1. The Balaban J connectivity index is 1.91. The van der Waals surface area contributed by atoms with E-state index in [9.17, 15) is 0 Å². The van der Waals surface area contributed by atoms with Crippen LogP contribution < -0.4 is 5.32 Å². The van der Waals surface area contributed by atoms with Gasteiger partial charge in [0.05, 0.1) is 5.52 Å². The van der Waals surface area contributed by atoms with Crippen molar-refractivity contribution >= 4 is 26.8 Å². The number of aromatic amines is 1. The Hall–Kier alpha value is -0.870. The fourth-order valence-electron chi connectivity index (χ4n) is 2.63. The average Bonchev–Trinajstić information content (AvgIpc) is 2.74. The van der Waals surface area contributed by atoms with E-state index in [1.165, 1.54) is 30.2 Å².